The molecule has 0 unspecified atom stereocenters. The van der Waals surface area contributed by atoms with E-state index in [2.05, 4.69) is 6.58 Å². The van der Waals surface area contributed by atoms with E-state index in [0.29, 0.717) is 32.0 Å². The van der Waals surface area contributed by atoms with E-state index in [0.717, 1.165) is 0 Å². The first-order valence-electron chi connectivity index (χ1n) is 6.41. The van der Waals surface area contributed by atoms with Gasteiger partial charge in [-0.2, -0.15) is 0 Å². The molecule has 0 radical (unpaired) electrons. The van der Waals surface area contributed by atoms with Crippen LogP contribution in [-0.4, -0.2) is 45.8 Å². The van der Waals surface area contributed by atoms with Crippen LogP contribution < -0.4 is 0 Å². The normalized spacial score (nSPS) is 10.2. The average molecular weight is 280 g/mol. The first kappa shape index (κ1) is 16.4. The number of esters is 1. The molecule has 0 aromatic heterocycles. The molecule has 0 atom stereocenters. The summed E-state index contributed by atoms with van der Waals surface area (Å²) in [5.74, 6) is -0.344. The molecule has 0 amide bonds. The molecule has 0 heterocycles. The fourth-order valence-electron chi connectivity index (χ4n) is 1.32. The third kappa shape index (κ3) is 7.68. The minimum Gasteiger partial charge on any atom is -0.460 e. The molecule has 0 fully saturated rings. The minimum absolute atomic E-state index is 0.221. The van der Waals surface area contributed by atoms with E-state index >= 15 is 0 Å². The molecule has 20 heavy (non-hydrogen) atoms. The van der Waals surface area contributed by atoms with Crippen molar-refractivity contribution in [2.75, 3.05) is 39.8 Å². The Bertz CT molecular complexity index is 377. The van der Waals surface area contributed by atoms with Crippen LogP contribution >= 0.6 is 0 Å². The molecule has 0 bridgehead atoms. The predicted molar refractivity (Wildman–Crippen MR) is 74.5 cm³/mol. The molecule has 110 valence electrons. The molecule has 0 aliphatic carbocycles. The highest BCUT2D eigenvalue weighted by molar-refractivity contribution is 5.89. The summed E-state index contributed by atoms with van der Waals surface area (Å²) in [4.78, 5) is 11.6. The van der Waals surface area contributed by atoms with Gasteiger partial charge in [0.1, 0.15) is 13.4 Å². The van der Waals surface area contributed by atoms with Crippen LogP contribution in [0, 0.1) is 0 Å². The quantitative estimate of drug-likeness (QED) is 0.269. The summed E-state index contributed by atoms with van der Waals surface area (Å²) in [6.45, 7) is 5.64. The first-order valence-corrected chi connectivity index (χ1v) is 6.41. The molecule has 5 nitrogen and oxygen atoms in total. The van der Waals surface area contributed by atoms with Crippen LogP contribution in [0.2, 0.25) is 0 Å². The highest BCUT2D eigenvalue weighted by atomic mass is 16.7. The lowest BCUT2D eigenvalue weighted by Crippen LogP contribution is -2.13. The molecule has 0 N–H and O–H groups in total. The Hall–Kier alpha value is -1.69. The fraction of sp³-hybridized carbons (Fsp3) is 0.400. The van der Waals surface area contributed by atoms with E-state index in [-0.39, 0.29) is 19.4 Å². The number of rotatable bonds is 11. The lowest BCUT2D eigenvalue weighted by molar-refractivity contribution is -0.0636. The van der Waals surface area contributed by atoms with Gasteiger partial charge in [-0.05, 0) is 12.1 Å². The standard InChI is InChI=1S/C15H20O5/c1-2-8-18-13-19-10-9-17-11-12-20-15(16)14-6-4-3-5-7-14/h2-7H,1,8-13H2. The second-order valence-corrected chi connectivity index (χ2v) is 3.80. The van der Waals surface area contributed by atoms with Crippen molar-refractivity contribution in [2.24, 2.45) is 0 Å². The molecule has 1 rings (SSSR count). The van der Waals surface area contributed by atoms with Crippen molar-refractivity contribution in [3.8, 4) is 0 Å². The van der Waals surface area contributed by atoms with Crippen molar-refractivity contribution in [1.82, 2.24) is 0 Å². The van der Waals surface area contributed by atoms with E-state index in [1.54, 1.807) is 30.3 Å². The second kappa shape index (κ2) is 11.2. The topological polar surface area (TPSA) is 54.0 Å². The Morgan fingerprint density at radius 1 is 1.00 bits per heavy atom. The average Bonchev–Trinajstić information content (AvgIpc) is 2.50. The van der Waals surface area contributed by atoms with Crippen molar-refractivity contribution in [3.05, 3.63) is 48.6 Å². The van der Waals surface area contributed by atoms with Crippen LogP contribution in [0.1, 0.15) is 10.4 Å². The number of carbonyl (C=O) groups is 1. The Balaban J connectivity index is 1.92. The maximum absolute atomic E-state index is 11.6. The summed E-state index contributed by atoms with van der Waals surface area (Å²) < 4.78 is 20.5. The zero-order valence-electron chi connectivity index (χ0n) is 11.5. The van der Waals surface area contributed by atoms with Crippen LogP contribution in [0.3, 0.4) is 0 Å². The Kier molecular flexibility index (Phi) is 9.13. The van der Waals surface area contributed by atoms with Crippen molar-refractivity contribution < 1.29 is 23.7 Å². The van der Waals surface area contributed by atoms with E-state index in [4.69, 9.17) is 18.9 Å². The number of ether oxygens (including phenoxy) is 4. The summed E-state index contributed by atoms with van der Waals surface area (Å²) in [6.07, 6.45) is 1.65. The molecule has 1 aromatic carbocycles. The van der Waals surface area contributed by atoms with Gasteiger partial charge in [0, 0.05) is 0 Å². The van der Waals surface area contributed by atoms with Crippen molar-refractivity contribution in [3.63, 3.8) is 0 Å². The van der Waals surface area contributed by atoms with E-state index < -0.39 is 0 Å². The van der Waals surface area contributed by atoms with Crippen molar-refractivity contribution >= 4 is 5.97 Å². The smallest absolute Gasteiger partial charge is 0.338 e. The zero-order valence-corrected chi connectivity index (χ0v) is 11.5. The lowest BCUT2D eigenvalue weighted by atomic mass is 10.2. The third-order valence-electron chi connectivity index (χ3n) is 2.24. The van der Waals surface area contributed by atoms with Crippen LogP contribution in [0.15, 0.2) is 43.0 Å². The summed E-state index contributed by atoms with van der Waals surface area (Å²) >= 11 is 0. The monoisotopic (exact) mass is 280 g/mol. The van der Waals surface area contributed by atoms with Gasteiger partial charge in [0.05, 0.1) is 32.0 Å². The van der Waals surface area contributed by atoms with Crippen LogP contribution in [-0.2, 0) is 18.9 Å². The highest BCUT2D eigenvalue weighted by Crippen LogP contribution is 2.00. The van der Waals surface area contributed by atoms with Gasteiger partial charge < -0.3 is 18.9 Å². The van der Waals surface area contributed by atoms with Gasteiger partial charge in [0.25, 0.3) is 0 Å². The molecule has 1 aromatic rings. The van der Waals surface area contributed by atoms with E-state index in [9.17, 15) is 4.79 Å². The number of benzene rings is 1. The van der Waals surface area contributed by atoms with Gasteiger partial charge in [-0.3, -0.25) is 0 Å². The molecule has 5 heteroatoms. The summed E-state index contributed by atoms with van der Waals surface area (Å²) in [6, 6.07) is 8.84. The number of carbonyl (C=O) groups excluding carboxylic acids is 1. The molecule has 0 spiro atoms. The van der Waals surface area contributed by atoms with Gasteiger partial charge in [-0.25, -0.2) is 4.79 Å². The first-order chi connectivity index (χ1) is 9.84. The number of hydrogen-bond acceptors (Lipinski definition) is 5. The van der Waals surface area contributed by atoms with Crippen molar-refractivity contribution in [1.29, 1.82) is 0 Å². The van der Waals surface area contributed by atoms with E-state index in [1.807, 2.05) is 6.07 Å². The predicted octanol–water partition coefficient (Wildman–Crippen LogP) is 2.04. The Morgan fingerprint density at radius 2 is 1.70 bits per heavy atom. The third-order valence-corrected chi connectivity index (χ3v) is 2.24. The highest BCUT2D eigenvalue weighted by Gasteiger charge is 2.04. The van der Waals surface area contributed by atoms with Gasteiger partial charge in [0.15, 0.2) is 0 Å². The fourth-order valence-corrected chi connectivity index (χ4v) is 1.32. The largest absolute Gasteiger partial charge is 0.460 e. The summed E-state index contributed by atoms with van der Waals surface area (Å²) in [5.41, 5.74) is 0.537. The van der Waals surface area contributed by atoms with Gasteiger partial charge >= 0.3 is 5.97 Å². The van der Waals surface area contributed by atoms with E-state index in [1.165, 1.54) is 0 Å². The second-order valence-electron chi connectivity index (χ2n) is 3.80. The van der Waals surface area contributed by atoms with Gasteiger partial charge in [0.2, 0.25) is 0 Å². The molecule has 0 aliphatic heterocycles. The minimum atomic E-state index is -0.344. The van der Waals surface area contributed by atoms with Crippen molar-refractivity contribution in [2.45, 2.75) is 0 Å². The van der Waals surface area contributed by atoms with Gasteiger partial charge in [-0.1, -0.05) is 24.3 Å². The Morgan fingerprint density at radius 3 is 2.45 bits per heavy atom. The summed E-state index contributed by atoms with van der Waals surface area (Å²) in [7, 11) is 0. The SMILES string of the molecule is C=CCOCOCCOCCOC(=O)c1ccccc1. The molecule has 0 saturated carbocycles. The Labute approximate surface area is 119 Å². The van der Waals surface area contributed by atoms with Gasteiger partial charge in [-0.15, -0.1) is 6.58 Å². The number of hydrogen-bond donors (Lipinski definition) is 0. The maximum atomic E-state index is 11.6. The maximum Gasteiger partial charge on any atom is 0.338 e. The summed E-state index contributed by atoms with van der Waals surface area (Å²) in [5, 5.41) is 0. The zero-order chi connectivity index (χ0) is 14.5. The lowest BCUT2D eigenvalue weighted by Gasteiger charge is -2.07. The van der Waals surface area contributed by atoms with Crippen LogP contribution in [0.5, 0.6) is 0 Å². The molecule has 0 saturated heterocycles. The molecular formula is C15H20O5. The van der Waals surface area contributed by atoms with Crippen LogP contribution in [0.4, 0.5) is 0 Å². The molecule has 0 aliphatic rings. The van der Waals surface area contributed by atoms with Crippen LogP contribution in [0.25, 0.3) is 0 Å². The molecular weight excluding hydrogens is 260 g/mol.